The lowest BCUT2D eigenvalue weighted by Crippen LogP contribution is -1.94. The summed E-state index contributed by atoms with van der Waals surface area (Å²) in [5.41, 5.74) is 3.35. The molecule has 98 valence electrons. The fourth-order valence-electron chi connectivity index (χ4n) is 2.00. The van der Waals surface area contributed by atoms with Gasteiger partial charge in [0.2, 0.25) is 0 Å². The third kappa shape index (κ3) is 2.63. The molecule has 0 aliphatic heterocycles. The van der Waals surface area contributed by atoms with E-state index in [1.54, 1.807) is 0 Å². The molecule has 0 atom stereocenters. The summed E-state index contributed by atoms with van der Waals surface area (Å²) in [6.45, 7) is 4.89. The van der Waals surface area contributed by atoms with Crippen molar-refractivity contribution >= 4 is 22.4 Å². The minimum absolute atomic E-state index is 0.506. The first kappa shape index (κ1) is 12.2. The number of aromatic amines is 1. The summed E-state index contributed by atoms with van der Waals surface area (Å²) in [5.74, 6) is 1.38. The van der Waals surface area contributed by atoms with E-state index in [1.807, 2.05) is 23.6 Å². The minimum atomic E-state index is 0.506. The second kappa shape index (κ2) is 5.05. The van der Waals surface area contributed by atoms with Gasteiger partial charge in [0.05, 0.1) is 5.69 Å². The summed E-state index contributed by atoms with van der Waals surface area (Å²) in [4.78, 5) is 3.44. The van der Waals surface area contributed by atoms with Crippen molar-refractivity contribution in [3.63, 3.8) is 0 Å². The Morgan fingerprint density at radius 2 is 2.16 bits per heavy atom. The summed E-state index contributed by atoms with van der Waals surface area (Å²) in [6.07, 6.45) is 0. The van der Waals surface area contributed by atoms with Crippen LogP contribution >= 0.6 is 11.5 Å². The lowest BCUT2D eigenvalue weighted by molar-refractivity contribution is 0.303. The number of ether oxygens (including phenoxy) is 1. The maximum atomic E-state index is 5.75. The van der Waals surface area contributed by atoms with Crippen LogP contribution in [0.15, 0.2) is 35.7 Å². The summed E-state index contributed by atoms with van der Waals surface area (Å²) >= 11 is 1.45. The number of fused-ring (bicyclic) bond motifs is 1. The standard InChI is InChI=1S/C15H16N2OS/c1-10(2)14-7-11-3-4-13(8-15(11)16-14)18-9-12-5-6-19-17-12/h3-8,10,16H,9H2,1-2H3. The summed E-state index contributed by atoms with van der Waals surface area (Å²) in [7, 11) is 0. The van der Waals surface area contributed by atoms with E-state index in [9.17, 15) is 0 Å². The summed E-state index contributed by atoms with van der Waals surface area (Å²) in [6, 6.07) is 10.3. The Labute approximate surface area is 116 Å². The van der Waals surface area contributed by atoms with Gasteiger partial charge in [0, 0.05) is 22.7 Å². The molecular weight excluding hydrogens is 256 g/mol. The van der Waals surface area contributed by atoms with E-state index < -0.39 is 0 Å². The van der Waals surface area contributed by atoms with E-state index in [0.29, 0.717) is 12.5 Å². The Morgan fingerprint density at radius 1 is 1.26 bits per heavy atom. The molecule has 0 aliphatic rings. The van der Waals surface area contributed by atoms with Crippen LogP contribution in [0.1, 0.15) is 31.2 Å². The SMILES string of the molecule is CC(C)c1cc2ccc(OCc3ccsn3)cc2[nH]1. The fourth-order valence-corrected chi connectivity index (χ4v) is 2.53. The maximum Gasteiger partial charge on any atom is 0.131 e. The van der Waals surface area contributed by atoms with Gasteiger partial charge in [0.15, 0.2) is 0 Å². The average molecular weight is 272 g/mol. The Bertz CT molecular complexity index is 671. The zero-order chi connectivity index (χ0) is 13.2. The van der Waals surface area contributed by atoms with E-state index in [0.717, 1.165) is 17.0 Å². The average Bonchev–Trinajstić information content (AvgIpc) is 3.04. The highest BCUT2D eigenvalue weighted by Gasteiger charge is 2.05. The molecule has 3 nitrogen and oxygen atoms in total. The molecule has 19 heavy (non-hydrogen) atoms. The van der Waals surface area contributed by atoms with Crippen LogP contribution in [-0.2, 0) is 6.61 Å². The van der Waals surface area contributed by atoms with Crippen molar-refractivity contribution in [1.29, 1.82) is 0 Å². The third-order valence-corrected chi connectivity index (χ3v) is 3.71. The van der Waals surface area contributed by atoms with E-state index in [1.165, 1.54) is 22.6 Å². The highest BCUT2D eigenvalue weighted by Crippen LogP contribution is 2.25. The molecule has 2 heterocycles. The summed E-state index contributed by atoms with van der Waals surface area (Å²) in [5, 5.41) is 3.19. The van der Waals surface area contributed by atoms with Crippen molar-refractivity contribution in [2.24, 2.45) is 0 Å². The van der Waals surface area contributed by atoms with Crippen LogP contribution in [0.5, 0.6) is 5.75 Å². The van der Waals surface area contributed by atoms with E-state index in [-0.39, 0.29) is 0 Å². The molecular formula is C15H16N2OS. The molecule has 0 amide bonds. The molecule has 0 saturated carbocycles. The predicted molar refractivity (Wildman–Crippen MR) is 78.8 cm³/mol. The molecule has 0 fully saturated rings. The van der Waals surface area contributed by atoms with Crippen molar-refractivity contribution < 1.29 is 4.74 Å². The lowest BCUT2D eigenvalue weighted by Gasteiger charge is -2.04. The molecule has 3 rings (SSSR count). The minimum Gasteiger partial charge on any atom is -0.487 e. The molecule has 0 saturated heterocycles. The van der Waals surface area contributed by atoms with Gasteiger partial charge in [-0.15, -0.1) is 0 Å². The van der Waals surface area contributed by atoms with Gasteiger partial charge in [0.25, 0.3) is 0 Å². The number of aromatic nitrogens is 2. The maximum absolute atomic E-state index is 5.75. The number of benzene rings is 1. The third-order valence-electron chi connectivity index (χ3n) is 3.11. The van der Waals surface area contributed by atoms with Crippen molar-refractivity contribution in [2.75, 3.05) is 0 Å². The molecule has 0 bridgehead atoms. The van der Waals surface area contributed by atoms with Gasteiger partial charge >= 0.3 is 0 Å². The van der Waals surface area contributed by atoms with Gasteiger partial charge in [-0.1, -0.05) is 13.8 Å². The molecule has 4 heteroatoms. The highest BCUT2D eigenvalue weighted by molar-refractivity contribution is 7.03. The number of nitrogens with one attached hydrogen (secondary N) is 1. The molecule has 0 unspecified atom stereocenters. The second-order valence-electron chi connectivity index (χ2n) is 4.91. The van der Waals surface area contributed by atoms with Crippen LogP contribution in [-0.4, -0.2) is 9.36 Å². The monoisotopic (exact) mass is 272 g/mol. The van der Waals surface area contributed by atoms with Crippen molar-refractivity contribution in [3.05, 3.63) is 47.1 Å². The zero-order valence-electron chi connectivity index (χ0n) is 11.0. The van der Waals surface area contributed by atoms with Crippen LogP contribution in [0.3, 0.4) is 0 Å². The lowest BCUT2D eigenvalue weighted by atomic mass is 10.1. The van der Waals surface area contributed by atoms with Crippen molar-refractivity contribution in [2.45, 2.75) is 26.4 Å². The number of H-pyrrole nitrogens is 1. The van der Waals surface area contributed by atoms with Gasteiger partial charge in [-0.3, -0.25) is 0 Å². The van der Waals surface area contributed by atoms with Crippen LogP contribution < -0.4 is 4.74 Å². The zero-order valence-corrected chi connectivity index (χ0v) is 11.8. The number of hydrogen-bond acceptors (Lipinski definition) is 3. The van der Waals surface area contributed by atoms with Gasteiger partial charge in [-0.25, -0.2) is 0 Å². The predicted octanol–water partition coefficient (Wildman–Crippen LogP) is 4.33. The Kier molecular flexibility index (Phi) is 3.25. The molecule has 1 aromatic carbocycles. The van der Waals surface area contributed by atoms with Crippen LogP contribution in [0.4, 0.5) is 0 Å². The topological polar surface area (TPSA) is 37.9 Å². The van der Waals surface area contributed by atoms with Crippen LogP contribution in [0, 0.1) is 0 Å². The van der Waals surface area contributed by atoms with Crippen LogP contribution in [0.2, 0.25) is 0 Å². The van der Waals surface area contributed by atoms with E-state index in [2.05, 4.69) is 35.3 Å². The molecule has 0 aliphatic carbocycles. The normalized spacial score (nSPS) is 11.3. The Hall–Kier alpha value is -1.81. The molecule has 1 N–H and O–H groups in total. The summed E-state index contributed by atoms with van der Waals surface area (Å²) < 4.78 is 9.98. The van der Waals surface area contributed by atoms with Gasteiger partial charge in [-0.05, 0) is 47.1 Å². The first-order valence-corrected chi connectivity index (χ1v) is 7.21. The second-order valence-corrected chi connectivity index (χ2v) is 5.57. The number of nitrogens with zero attached hydrogens (tertiary/aromatic N) is 1. The van der Waals surface area contributed by atoms with Crippen molar-refractivity contribution in [3.8, 4) is 5.75 Å². The van der Waals surface area contributed by atoms with E-state index >= 15 is 0 Å². The van der Waals surface area contributed by atoms with E-state index in [4.69, 9.17) is 4.74 Å². The quantitative estimate of drug-likeness (QED) is 0.767. The highest BCUT2D eigenvalue weighted by atomic mass is 32.1. The molecule has 0 radical (unpaired) electrons. The smallest absolute Gasteiger partial charge is 0.131 e. The first-order chi connectivity index (χ1) is 9.22. The Morgan fingerprint density at radius 3 is 2.89 bits per heavy atom. The Balaban J connectivity index is 1.80. The first-order valence-electron chi connectivity index (χ1n) is 6.37. The largest absolute Gasteiger partial charge is 0.487 e. The van der Waals surface area contributed by atoms with Crippen LogP contribution in [0.25, 0.3) is 10.9 Å². The number of rotatable bonds is 4. The molecule has 3 aromatic rings. The fraction of sp³-hybridized carbons (Fsp3) is 0.267. The molecule has 2 aromatic heterocycles. The van der Waals surface area contributed by atoms with Crippen molar-refractivity contribution in [1.82, 2.24) is 9.36 Å². The molecule has 0 spiro atoms. The van der Waals surface area contributed by atoms with Gasteiger partial charge < -0.3 is 9.72 Å². The van der Waals surface area contributed by atoms with Gasteiger partial charge in [-0.2, -0.15) is 4.37 Å². The number of hydrogen-bond donors (Lipinski definition) is 1. The van der Waals surface area contributed by atoms with Gasteiger partial charge in [0.1, 0.15) is 12.4 Å².